The minimum atomic E-state index is -0.903. The molecule has 3 rings (SSSR count). The first-order valence-corrected chi connectivity index (χ1v) is 6.41. The molecule has 0 aliphatic heterocycles. The second-order valence-corrected chi connectivity index (χ2v) is 4.61. The number of anilines is 1. The van der Waals surface area contributed by atoms with Crippen LogP contribution in [-0.2, 0) is 0 Å². The van der Waals surface area contributed by atoms with Crippen LogP contribution in [0.1, 0.15) is 10.4 Å². The summed E-state index contributed by atoms with van der Waals surface area (Å²) in [5.41, 5.74) is -0.876. The molecule has 110 valence electrons. The van der Waals surface area contributed by atoms with E-state index in [1.807, 2.05) is 0 Å². The van der Waals surface area contributed by atoms with Crippen molar-refractivity contribution in [2.75, 3.05) is 5.32 Å². The highest BCUT2D eigenvalue weighted by atomic mass is 16.4. The third-order valence-corrected chi connectivity index (χ3v) is 3.14. The van der Waals surface area contributed by atoms with Gasteiger partial charge in [-0.2, -0.15) is 0 Å². The van der Waals surface area contributed by atoms with Crippen molar-refractivity contribution in [1.29, 1.82) is 0 Å². The molecule has 0 atom stereocenters. The molecule has 6 nitrogen and oxygen atoms in total. The molecule has 0 unspecified atom stereocenters. The molecule has 0 spiro atoms. The minimum absolute atomic E-state index is 0.0280. The normalized spacial score (nSPS) is 10.5. The second-order valence-electron chi connectivity index (χ2n) is 4.61. The number of fused-ring (bicyclic) bond motifs is 1. The van der Waals surface area contributed by atoms with Crippen LogP contribution in [0.4, 0.5) is 5.69 Å². The summed E-state index contributed by atoms with van der Waals surface area (Å²) < 4.78 is 5.00. The Bertz CT molecular complexity index is 915. The monoisotopic (exact) mass is 297 g/mol. The van der Waals surface area contributed by atoms with Crippen molar-refractivity contribution in [2.24, 2.45) is 0 Å². The number of hydrogen-bond donors (Lipinski definition) is 3. The summed E-state index contributed by atoms with van der Waals surface area (Å²) in [6.07, 6.45) is 0. The number of phenolic OH excluding ortho intramolecular Hbond substituents is 1. The molecule has 0 fully saturated rings. The van der Waals surface area contributed by atoms with Crippen molar-refractivity contribution < 1.29 is 19.4 Å². The van der Waals surface area contributed by atoms with Crippen LogP contribution in [0, 0.1) is 0 Å². The smallest absolute Gasteiger partial charge is 0.364 e. The average molecular weight is 297 g/mol. The number of carbonyl (C=O) groups is 1. The van der Waals surface area contributed by atoms with Gasteiger partial charge in [0.2, 0.25) is 0 Å². The van der Waals surface area contributed by atoms with E-state index >= 15 is 0 Å². The maximum absolute atomic E-state index is 12.1. The molecule has 0 aliphatic rings. The Morgan fingerprint density at radius 1 is 1.05 bits per heavy atom. The van der Waals surface area contributed by atoms with Gasteiger partial charge in [-0.15, -0.1) is 0 Å². The molecule has 2 aromatic carbocycles. The number of rotatable bonds is 2. The fourth-order valence-corrected chi connectivity index (χ4v) is 2.06. The summed E-state index contributed by atoms with van der Waals surface area (Å²) >= 11 is 0. The summed E-state index contributed by atoms with van der Waals surface area (Å²) in [5, 5.41) is 22.1. The maximum atomic E-state index is 12.1. The van der Waals surface area contributed by atoms with E-state index in [9.17, 15) is 19.8 Å². The topological polar surface area (TPSA) is 99.8 Å². The van der Waals surface area contributed by atoms with Gasteiger partial charge in [0.1, 0.15) is 11.3 Å². The molecular formula is C16H11NO5. The highest BCUT2D eigenvalue weighted by molar-refractivity contribution is 6.06. The molecule has 0 saturated carbocycles. The van der Waals surface area contributed by atoms with Crippen LogP contribution in [0.2, 0.25) is 0 Å². The first kappa shape index (κ1) is 13.7. The zero-order chi connectivity index (χ0) is 15.7. The van der Waals surface area contributed by atoms with Gasteiger partial charge in [-0.3, -0.25) is 4.79 Å². The van der Waals surface area contributed by atoms with Gasteiger partial charge < -0.3 is 19.9 Å². The van der Waals surface area contributed by atoms with Crippen molar-refractivity contribution in [3.05, 3.63) is 64.5 Å². The van der Waals surface area contributed by atoms with Crippen LogP contribution < -0.4 is 10.9 Å². The van der Waals surface area contributed by atoms with E-state index in [1.54, 1.807) is 30.3 Å². The lowest BCUT2D eigenvalue weighted by molar-refractivity contribution is 0.102. The van der Waals surface area contributed by atoms with E-state index in [1.165, 1.54) is 18.2 Å². The number of hydrogen-bond acceptors (Lipinski definition) is 5. The lowest BCUT2D eigenvalue weighted by Crippen LogP contribution is -2.18. The van der Waals surface area contributed by atoms with Crippen LogP contribution in [0.5, 0.6) is 11.5 Å². The molecular weight excluding hydrogens is 286 g/mol. The number of aromatic hydroxyl groups is 2. The highest BCUT2D eigenvalue weighted by Gasteiger charge is 2.17. The fraction of sp³-hybridized carbons (Fsp3) is 0. The van der Waals surface area contributed by atoms with E-state index in [2.05, 4.69) is 5.32 Å². The second kappa shape index (κ2) is 5.25. The van der Waals surface area contributed by atoms with Gasteiger partial charge in [-0.05, 0) is 24.3 Å². The van der Waals surface area contributed by atoms with Gasteiger partial charge >= 0.3 is 5.63 Å². The van der Waals surface area contributed by atoms with Gasteiger partial charge in [-0.25, -0.2) is 4.79 Å². The molecule has 1 amide bonds. The molecule has 0 bridgehead atoms. The third kappa shape index (κ3) is 2.37. The summed E-state index contributed by atoms with van der Waals surface area (Å²) in [6.45, 7) is 0. The van der Waals surface area contributed by atoms with Gasteiger partial charge in [-0.1, -0.05) is 18.2 Å². The predicted octanol–water partition coefficient (Wildman–Crippen LogP) is 2.46. The lowest BCUT2D eigenvalue weighted by Gasteiger charge is -2.08. The molecule has 0 saturated heterocycles. The zero-order valence-electron chi connectivity index (χ0n) is 11.2. The van der Waals surface area contributed by atoms with Gasteiger partial charge in [0.25, 0.3) is 5.91 Å². The molecule has 3 N–H and O–H groups in total. The maximum Gasteiger partial charge on any atom is 0.364 e. The molecule has 1 heterocycles. The minimum Gasteiger partial charge on any atom is -0.508 e. The Kier molecular flexibility index (Phi) is 3.27. The molecule has 6 heteroatoms. The zero-order valence-corrected chi connectivity index (χ0v) is 11.2. The van der Waals surface area contributed by atoms with Crippen LogP contribution in [0.15, 0.2) is 57.7 Å². The Morgan fingerprint density at radius 3 is 2.50 bits per heavy atom. The number of phenols is 1. The van der Waals surface area contributed by atoms with Crippen molar-refractivity contribution >= 4 is 22.6 Å². The summed E-state index contributed by atoms with van der Waals surface area (Å²) in [7, 11) is 0. The van der Waals surface area contributed by atoms with Gasteiger partial charge in [0, 0.05) is 11.6 Å². The SMILES string of the molecule is O=C(Nc1c(O)c2ccc(O)cc2oc1=O)c1ccccc1. The Hall–Kier alpha value is -3.28. The molecule has 1 aromatic heterocycles. The van der Waals surface area contributed by atoms with Gasteiger partial charge in [0.15, 0.2) is 11.4 Å². The van der Waals surface area contributed by atoms with Crippen LogP contribution >= 0.6 is 0 Å². The van der Waals surface area contributed by atoms with E-state index in [0.29, 0.717) is 5.56 Å². The van der Waals surface area contributed by atoms with Crippen molar-refractivity contribution in [3.63, 3.8) is 0 Å². The molecule has 3 aromatic rings. The summed E-state index contributed by atoms with van der Waals surface area (Å²) in [5.74, 6) is -1.05. The number of carbonyl (C=O) groups excluding carboxylic acids is 1. The predicted molar refractivity (Wildman–Crippen MR) is 80.2 cm³/mol. The van der Waals surface area contributed by atoms with E-state index in [4.69, 9.17) is 4.42 Å². The first-order valence-electron chi connectivity index (χ1n) is 6.41. The third-order valence-electron chi connectivity index (χ3n) is 3.14. The highest BCUT2D eigenvalue weighted by Crippen LogP contribution is 2.31. The number of nitrogens with one attached hydrogen (secondary N) is 1. The van der Waals surface area contributed by atoms with E-state index in [0.717, 1.165) is 0 Å². The quantitative estimate of drug-likeness (QED) is 0.631. The van der Waals surface area contributed by atoms with Gasteiger partial charge in [0.05, 0.1) is 5.39 Å². The van der Waals surface area contributed by atoms with Crippen LogP contribution in [-0.4, -0.2) is 16.1 Å². The molecule has 22 heavy (non-hydrogen) atoms. The summed E-state index contributed by atoms with van der Waals surface area (Å²) in [4.78, 5) is 24.0. The summed E-state index contributed by atoms with van der Waals surface area (Å²) in [6, 6.07) is 12.2. The van der Waals surface area contributed by atoms with Crippen molar-refractivity contribution in [1.82, 2.24) is 0 Å². The largest absolute Gasteiger partial charge is 0.508 e. The lowest BCUT2D eigenvalue weighted by atomic mass is 10.2. The van der Waals surface area contributed by atoms with E-state index < -0.39 is 17.3 Å². The Labute approximate surface area is 124 Å². The first-order chi connectivity index (χ1) is 10.6. The number of benzene rings is 2. The average Bonchev–Trinajstić information content (AvgIpc) is 2.51. The Balaban J connectivity index is 2.06. The van der Waals surface area contributed by atoms with Crippen LogP contribution in [0.3, 0.4) is 0 Å². The molecule has 0 radical (unpaired) electrons. The van der Waals surface area contributed by atoms with E-state index in [-0.39, 0.29) is 22.4 Å². The molecule has 0 aliphatic carbocycles. The number of amides is 1. The van der Waals surface area contributed by atoms with Crippen molar-refractivity contribution in [2.45, 2.75) is 0 Å². The standard InChI is InChI=1S/C16H11NO5/c18-10-6-7-11-12(8-10)22-16(21)13(14(11)19)17-15(20)9-4-2-1-3-5-9/h1-8,18-19H,(H,17,20). The fourth-order valence-electron chi connectivity index (χ4n) is 2.06. The Morgan fingerprint density at radius 2 is 1.77 bits per heavy atom. The van der Waals surface area contributed by atoms with Crippen LogP contribution in [0.25, 0.3) is 11.0 Å². The van der Waals surface area contributed by atoms with Crippen molar-refractivity contribution in [3.8, 4) is 11.5 Å².